The molecule has 0 bridgehead atoms. The third kappa shape index (κ3) is 5.94. The first-order chi connectivity index (χ1) is 14.2. The topological polar surface area (TPSA) is 80.3 Å². The summed E-state index contributed by atoms with van der Waals surface area (Å²) in [6.45, 7) is 6.43. The summed E-state index contributed by atoms with van der Waals surface area (Å²) in [4.78, 5) is 8.36. The van der Waals surface area contributed by atoms with Crippen molar-refractivity contribution in [1.29, 1.82) is 0 Å². The van der Waals surface area contributed by atoms with Gasteiger partial charge in [-0.2, -0.15) is 0 Å². The van der Waals surface area contributed by atoms with Crippen LogP contribution in [0.15, 0.2) is 58.6 Å². The molecule has 0 atom stereocenters. The molecule has 3 rings (SSSR count). The van der Waals surface area contributed by atoms with E-state index in [1.165, 1.54) is 11.1 Å². The Balaban J connectivity index is 1.46. The van der Waals surface area contributed by atoms with Crippen LogP contribution in [-0.2, 0) is 19.6 Å². The lowest BCUT2D eigenvalue weighted by Crippen LogP contribution is -2.36. The number of hydrogen-bond donors (Lipinski definition) is 2. The number of benzene rings is 1. The molecule has 0 radical (unpaired) electrons. The molecule has 0 aliphatic heterocycles. The largest absolute Gasteiger partial charge is 0.359 e. The molecule has 0 aliphatic rings. The number of nitrogens with one attached hydrogen (secondary N) is 2. The molecule has 0 fully saturated rings. The fourth-order valence-corrected chi connectivity index (χ4v) is 3.24. The van der Waals surface area contributed by atoms with E-state index < -0.39 is 0 Å². The van der Waals surface area contributed by atoms with Crippen molar-refractivity contribution < 1.29 is 4.52 Å². The molecule has 7 nitrogen and oxygen atoms in total. The number of imidazole rings is 1. The minimum atomic E-state index is 0.460. The second-order valence-electron chi connectivity index (χ2n) is 7.06. The van der Waals surface area contributed by atoms with Crippen molar-refractivity contribution in [2.24, 2.45) is 4.99 Å². The van der Waals surface area contributed by atoms with Gasteiger partial charge in [0, 0.05) is 44.5 Å². The summed E-state index contributed by atoms with van der Waals surface area (Å²) >= 11 is 0. The lowest BCUT2D eigenvalue weighted by molar-refractivity contribution is 0.368. The van der Waals surface area contributed by atoms with Gasteiger partial charge in [0.15, 0.2) is 11.7 Å². The molecular formula is C22H30N6O. The quantitative estimate of drug-likeness (QED) is 0.427. The van der Waals surface area contributed by atoms with Gasteiger partial charge >= 0.3 is 0 Å². The molecule has 0 aliphatic carbocycles. The van der Waals surface area contributed by atoms with Gasteiger partial charge in [0.2, 0.25) is 0 Å². The highest BCUT2D eigenvalue weighted by Gasteiger charge is 2.13. The van der Waals surface area contributed by atoms with Gasteiger partial charge in [0.1, 0.15) is 0 Å². The van der Waals surface area contributed by atoms with Crippen LogP contribution in [0.2, 0.25) is 0 Å². The summed E-state index contributed by atoms with van der Waals surface area (Å²) in [5, 5.41) is 10.8. The zero-order valence-corrected chi connectivity index (χ0v) is 17.4. The Morgan fingerprint density at radius 2 is 1.83 bits per heavy atom. The van der Waals surface area contributed by atoms with Crippen molar-refractivity contribution in [2.75, 3.05) is 7.05 Å². The number of aliphatic imine (C=N–C) groups is 1. The van der Waals surface area contributed by atoms with Crippen molar-refractivity contribution in [2.45, 2.75) is 52.2 Å². The molecule has 0 amide bonds. The minimum absolute atomic E-state index is 0.460. The standard InChI is InChI=1S/C22H30N6O/c1-4-19(5-2)21-12-20(29-27-21)14-26-22(23-3)25-13-17-6-8-18(9-7-17)15-28-11-10-24-16-28/h6-12,16,19H,4-5,13-15H2,1-3H3,(H2,23,25,26). The van der Waals surface area contributed by atoms with Crippen LogP contribution in [0.25, 0.3) is 0 Å². The van der Waals surface area contributed by atoms with Gasteiger partial charge in [0.25, 0.3) is 0 Å². The van der Waals surface area contributed by atoms with Crippen LogP contribution in [0.3, 0.4) is 0 Å². The zero-order chi connectivity index (χ0) is 20.5. The number of nitrogens with zero attached hydrogens (tertiary/aromatic N) is 4. The summed E-state index contributed by atoms with van der Waals surface area (Å²) < 4.78 is 7.51. The van der Waals surface area contributed by atoms with E-state index in [4.69, 9.17) is 4.52 Å². The Hall–Kier alpha value is -3.09. The highest BCUT2D eigenvalue weighted by atomic mass is 16.5. The summed E-state index contributed by atoms with van der Waals surface area (Å²) in [5.74, 6) is 2.01. The molecule has 2 heterocycles. The van der Waals surface area contributed by atoms with Gasteiger partial charge in [-0.1, -0.05) is 43.3 Å². The molecule has 0 spiro atoms. The van der Waals surface area contributed by atoms with Crippen LogP contribution < -0.4 is 10.6 Å². The van der Waals surface area contributed by atoms with Crippen LogP contribution in [0.1, 0.15) is 55.2 Å². The molecule has 2 N–H and O–H groups in total. The van der Waals surface area contributed by atoms with Gasteiger partial charge in [0.05, 0.1) is 18.6 Å². The number of aromatic nitrogens is 3. The lowest BCUT2D eigenvalue weighted by Gasteiger charge is -2.11. The van der Waals surface area contributed by atoms with E-state index in [0.29, 0.717) is 19.0 Å². The van der Waals surface area contributed by atoms with Crippen molar-refractivity contribution in [1.82, 2.24) is 25.3 Å². The normalized spacial score (nSPS) is 11.8. The first-order valence-corrected chi connectivity index (χ1v) is 10.1. The average molecular weight is 395 g/mol. The molecule has 0 unspecified atom stereocenters. The Labute approximate surface area is 172 Å². The van der Waals surface area contributed by atoms with Crippen molar-refractivity contribution in [3.63, 3.8) is 0 Å². The van der Waals surface area contributed by atoms with E-state index in [1.54, 1.807) is 13.2 Å². The second-order valence-corrected chi connectivity index (χ2v) is 7.06. The van der Waals surface area contributed by atoms with E-state index in [-0.39, 0.29) is 0 Å². The van der Waals surface area contributed by atoms with Crippen LogP contribution in [0, 0.1) is 0 Å². The molecule has 7 heteroatoms. The summed E-state index contributed by atoms with van der Waals surface area (Å²) in [6.07, 6.45) is 7.73. The van der Waals surface area contributed by atoms with Crippen molar-refractivity contribution in [3.8, 4) is 0 Å². The molecule has 3 aromatic rings. The molecule has 29 heavy (non-hydrogen) atoms. The van der Waals surface area contributed by atoms with Crippen molar-refractivity contribution in [3.05, 3.63) is 71.6 Å². The predicted octanol–water partition coefficient (Wildman–Crippen LogP) is 3.69. The minimum Gasteiger partial charge on any atom is -0.359 e. The SMILES string of the molecule is CCC(CC)c1cc(CNC(=NC)NCc2ccc(Cn3ccnc3)cc2)on1. The molecule has 2 aromatic heterocycles. The summed E-state index contributed by atoms with van der Waals surface area (Å²) in [6, 6.07) is 10.6. The number of rotatable bonds is 9. The zero-order valence-electron chi connectivity index (χ0n) is 17.4. The summed E-state index contributed by atoms with van der Waals surface area (Å²) in [7, 11) is 1.76. The first kappa shape index (κ1) is 20.6. The maximum atomic E-state index is 5.46. The van der Waals surface area contributed by atoms with E-state index in [1.807, 2.05) is 18.6 Å². The average Bonchev–Trinajstić information content (AvgIpc) is 3.43. The maximum absolute atomic E-state index is 5.46. The maximum Gasteiger partial charge on any atom is 0.191 e. The number of guanidine groups is 1. The lowest BCUT2D eigenvalue weighted by atomic mass is 9.99. The Morgan fingerprint density at radius 3 is 2.48 bits per heavy atom. The van der Waals surface area contributed by atoms with E-state index in [2.05, 4.69) is 68.4 Å². The molecule has 154 valence electrons. The molecule has 1 aromatic carbocycles. The Bertz CT molecular complexity index is 878. The third-order valence-electron chi connectivity index (χ3n) is 5.04. The van der Waals surface area contributed by atoms with Crippen LogP contribution >= 0.6 is 0 Å². The van der Waals surface area contributed by atoms with Gasteiger partial charge in [-0.15, -0.1) is 0 Å². The van der Waals surface area contributed by atoms with E-state index >= 15 is 0 Å². The Kier molecular flexibility index (Phi) is 7.44. The fraction of sp³-hybridized carbons (Fsp3) is 0.409. The van der Waals surface area contributed by atoms with Gasteiger partial charge in [-0.25, -0.2) is 4.98 Å². The van der Waals surface area contributed by atoms with Crippen LogP contribution in [0.5, 0.6) is 0 Å². The fourth-order valence-electron chi connectivity index (χ4n) is 3.24. The highest BCUT2D eigenvalue weighted by molar-refractivity contribution is 5.79. The highest BCUT2D eigenvalue weighted by Crippen LogP contribution is 2.22. The molecule has 0 saturated heterocycles. The van der Waals surface area contributed by atoms with E-state index in [9.17, 15) is 0 Å². The first-order valence-electron chi connectivity index (χ1n) is 10.1. The van der Waals surface area contributed by atoms with Crippen LogP contribution in [-0.4, -0.2) is 27.7 Å². The van der Waals surface area contributed by atoms with Crippen LogP contribution in [0.4, 0.5) is 0 Å². The monoisotopic (exact) mass is 394 g/mol. The predicted molar refractivity (Wildman–Crippen MR) is 115 cm³/mol. The summed E-state index contributed by atoms with van der Waals surface area (Å²) in [5.41, 5.74) is 3.47. The van der Waals surface area contributed by atoms with E-state index in [0.717, 1.165) is 36.8 Å². The molecular weight excluding hydrogens is 364 g/mol. The van der Waals surface area contributed by atoms with Gasteiger partial charge in [-0.3, -0.25) is 4.99 Å². The Morgan fingerprint density at radius 1 is 1.10 bits per heavy atom. The van der Waals surface area contributed by atoms with Gasteiger partial charge in [-0.05, 0) is 24.0 Å². The smallest absolute Gasteiger partial charge is 0.191 e. The number of hydrogen-bond acceptors (Lipinski definition) is 4. The second kappa shape index (κ2) is 10.5. The third-order valence-corrected chi connectivity index (χ3v) is 5.04. The molecule has 0 saturated carbocycles. The van der Waals surface area contributed by atoms with Crippen molar-refractivity contribution >= 4 is 5.96 Å². The van der Waals surface area contributed by atoms with Gasteiger partial charge < -0.3 is 19.7 Å².